The molecule has 0 saturated heterocycles. The van der Waals surface area contributed by atoms with E-state index in [0.717, 1.165) is 43.5 Å². The highest BCUT2D eigenvalue weighted by molar-refractivity contribution is 5.97. The molecule has 3 aromatic rings. The zero-order chi connectivity index (χ0) is 26.0. The summed E-state index contributed by atoms with van der Waals surface area (Å²) in [4.78, 5) is 31.1. The van der Waals surface area contributed by atoms with E-state index in [2.05, 4.69) is 29.0 Å². The lowest BCUT2D eigenvalue weighted by atomic mass is 9.93. The first-order valence-corrected chi connectivity index (χ1v) is 13.4. The number of aromatic nitrogens is 1. The van der Waals surface area contributed by atoms with Crippen molar-refractivity contribution in [3.8, 4) is 0 Å². The minimum atomic E-state index is -0.0527. The second-order valence-corrected chi connectivity index (χ2v) is 10.0. The van der Waals surface area contributed by atoms with Gasteiger partial charge in [0.2, 0.25) is 5.91 Å². The van der Waals surface area contributed by atoms with Gasteiger partial charge in [0.15, 0.2) is 0 Å². The lowest BCUT2D eigenvalue weighted by Gasteiger charge is -2.35. The summed E-state index contributed by atoms with van der Waals surface area (Å²) in [5.41, 5.74) is 3.96. The molecule has 6 nitrogen and oxygen atoms in total. The molecule has 4 rings (SSSR count). The third-order valence-corrected chi connectivity index (χ3v) is 7.24. The number of hydrogen-bond donors (Lipinski definition) is 0. The van der Waals surface area contributed by atoms with Gasteiger partial charge < -0.3 is 19.1 Å². The Kier molecular flexibility index (Phi) is 9.55. The van der Waals surface area contributed by atoms with E-state index in [1.54, 1.807) is 7.11 Å². The van der Waals surface area contributed by atoms with E-state index in [1.807, 2.05) is 65.3 Å². The van der Waals surface area contributed by atoms with Crippen LogP contribution in [0.25, 0.3) is 0 Å². The maximum atomic E-state index is 13.8. The highest BCUT2D eigenvalue weighted by Crippen LogP contribution is 2.25. The first-order chi connectivity index (χ1) is 18.0. The van der Waals surface area contributed by atoms with Gasteiger partial charge in [-0.05, 0) is 49.6 Å². The molecule has 1 aliphatic rings. The van der Waals surface area contributed by atoms with Crippen molar-refractivity contribution < 1.29 is 14.3 Å². The van der Waals surface area contributed by atoms with Crippen LogP contribution in [0.5, 0.6) is 0 Å². The minimum Gasteiger partial charge on any atom is -0.383 e. The lowest BCUT2D eigenvalue weighted by Crippen LogP contribution is -2.48. The molecule has 1 aromatic heterocycles. The number of aryl methyl sites for hydroxylation is 1. The molecular formula is C31H39N3O3. The summed E-state index contributed by atoms with van der Waals surface area (Å²) in [7, 11) is 1.65. The largest absolute Gasteiger partial charge is 0.383 e. The number of benzene rings is 2. The number of carbonyl (C=O) groups is 2. The molecule has 0 atom stereocenters. The van der Waals surface area contributed by atoms with Crippen LogP contribution in [0.3, 0.4) is 0 Å². The van der Waals surface area contributed by atoms with E-state index < -0.39 is 0 Å². The number of rotatable bonds is 11. The van der Waals surface area contributed by atoms with Crippen LogP contribution in [0.1, 0.15) is 59.3 Å². The summed E-state index contributed by atoms with van der Waals surface area (Å²) >= 11 is 0. The Hall–Kier alpha value is -3.38. The topological polar surface area (TPSA) is 54.8 Å². The van der Waals surface area contributed by atoms with Gasteiger partial charge in [0, 0.05) is 43.7 Å². The fourth-order valence-corrected chi connectivity index (χ4v) is 5.17. The molecule has 6 heteroatoms. The average molecular weight is 502 g/mol. The van der Waals surface area contributed by atoms with Crippen molar-refractivity contribution in [2.24, 2.45) is 0 Å². The Morgan fingerprint density at radius 2 is 1.76 bits per heavy atom. The van der Waals surface area contributed by atoms with E-state index in [4.69, 9.17) is 4.74 Å². The fourth-order valence-electron chi connectivity index (χ4n) is 5.17. The molecule has 0 radical (unpaired) electrons. The minimum absolute atomic E-state index is 0.0453. The van der Waals surface area contributed by atoms with Crippen LogP contribution in [-0.4, -0.2) is 59.0 Å². The van der Waals surface area contributed by atoms with Gasteiger partial charge in [0.05, 0.1) is 13.2 Å². The normalized spacial score (nSPS) is 13.9. The van der Waals surface area contributed by atoms with Crippen LogP contribution in [0.15, 0.2) is 72.9 Å². The molecule has 37 heavy (non-hydrogen) atoms. The van der Waals surface area contributed by atoms with Gasteiger partial charge in [-0.3, -0.25) is 9.59 Å². The first-order valence-electron chi connectivity index (χ1n) is 13.4. The number of amides is 2. The third-order valence-electron chi connectivity index (χ3n) is 7.24. The smallest absolute Gasteiger partial charge is 0.254 e. The van der Waals surface area contributed by atoms with Gasteiger partial charge in [-0.2, -0.15) is 0 Å². The Morgan fingerprint density at radius 3 is 2.49 bits per heavy atom. The van der Waals surface area contributed by atoms with Gasteiger partial charge in [-0.25, -0.2) is 0 Å². The molecule has 0 unspecified atom stereocenters. The number of nitrogens with zero attached hydrogens (tertiary/aromatic N) is 3. The monoisotopic (exact) mass is 501 g/mol. The third kappa shape index (κ3) is 7.32. The van der Waals surface area contributed by atoms with Crippen LogP contribution in [0.2, 0.25) is 0 Å². The lowest BCUT2D eigenvalue weighted by molar-refractivity contribution is -0.133. The number of methoxy groups -OCH3 is 1. The molecule has 1 saturated carbocycles. The average Bonchev–Trinajstić information content (AvgIpc) is 3.36. The Labute approximate surface area is 220 Å². The van der Waals surface area contributed by atoms with Crippen molar-refractivity contribution in [2.75, 3.05) is 26.8 Å². The van der Waals surface area contributed by atoms with Crippen molar-refractivity contribution in [3.63, 3.8) is 0 Å². The molecule has 0 spiro atoms. The molecule has 0 aliphatic heterocycles. The summed E-state index contributed by atoms with van der Waals surface area (Å²) in [6.45, 7) is 4.21. The van der Waals surface area contributed by atoms with Crippen molar-refractivity contribution >= 4 is 11.8 Å². The van der Waals surface area contributed by atoms with Crippen molar-refractivity contribution in [2.45, 2.75) is 58.2 Å². The van der Waals surface area contributed by atoms with Gasteiger partial charge in [0.25, 0.3) is 5.91 Å². The Morgan fingerprint density at radius 1 is 0.973 bits per heavy atom. The second kappa shape index (κ2) is 13.2. The molecule has 0 bridgehead atoms. The van der Waals surface area contributed by atoms with E-state index in [9.17, 15) is 9.59 Å². The fraction of sp³-hybridized carbons (Fsp3) is 0.419. The molecule has 2 aromatic carbocycles. The molecule has 1 heterocycles. The van der Waals surface area contributed by atoms with Crippen molar-refractivity contribution in [1.29, 1.82) is 0 Å². The molecule has 0 N–H and O–H groups in total. The van der Waals surface area contributed by atoms with Gasteiger partial charge in [-0.15, -0.1) is 0 Å². The molecular weight excluding hydrogens is 462 g/mol. The predicted octanol–water partition coefficient (Wildman–Crippen LogP) is 5.29. The van der Waals surface area contributed by atoms with Gasteiger partial charge in [0.1, 0.15) is 6.54 Å². The summed E-state index contributed by atoms with van der Waals surface area (Å²) in [5.74, 6) is -0.0980. The zero-order valence-corrected chi connectivity index (χ0v) is 22.1. The second-order valence-electron chi connectivity index (χ2n) is 10.0. The summed E-state index contributed by atoms with van der Waals surface area (Å²) in [5, 5.41) is 0. The highest BCUT2D eigenvalue weighted by Gasteiger charge is 2.30. The van der Waals surface area contributed by atoms with Crippen LogP contribution in [0, 0.1) is 6.92 Å². The number of ether oxygens (including phenoxy) is 1. The Balaban J connectivity index is 1.53. The number of hydrogen-bond acceptors (Lipinski definition) is 3. The van der Waals surface area contributed by atoms with Crippen molar-refractivity contribution in [1.82, 2.24) is 14.4 Å². The summed E-state index contributed by atoms with van der Waals surface area (Å²) in [6.07, 6.45) is 7.32. The molecule has 1 fully saturated rings. The van der Waals surface area contributed by atoms with E-state index >= 15 is 0 Å². The predicted molar refractivity (Wildman–Crippen MR) is 146 cm³/mol. The van der Waals surface area contributed by atoms with Crippen molar-refractivity contribution in [3.05, 3.63) is 95.3 Å². The first kappa shape index (κ1) is 26.7. The number of carbonyl (C=O) groups excluding carboxylic acids is 2. The standard InChI is InChI=1S/C31H39N3O3/c1-25-11-9-14-27(21-25)31(36)34(28-15-7-4-8-16-28)24-30(35)33(19-20-37-2)23-29-17-10-18-32(29)22-26-12-5-3-6-13-26/h3,5-6,9-14,17-18,21,28H,4,7-8,15-16,19-20,22-24H2,1-2H3. The maximum absolute atomic E-state index is 13.8. The van der Waals surface area contributed by atoms with E-state index in [-0.39, 0.29) is 24.4 Å². The van der Waals surface area contributed by atoms with Crippen LogP contribution < -0.4 is 0 Å². The van der Waals surface area contributed by atoms with Crippen LogP contribution in [-0.2, 0) is 22.6 Å². The van der Waals surface area contributed by atoms with Crippen LogP contribution >= 0.6 is 0 Å². The zero-order valence-electron chi connectivity index (χ0n) is 22.1. The Bertz CT molecular complexity index is 1150. The highest BCUT2D eigenvalue weighted by atomic mass is 16.5. The summed E-state index contributed by atoms with van der Waals surface area (Å²) < 4.78 is 7.52. The molecule has 196 valence electrons. The quantitative estimate of drug-likeness (QED) is 0.359. The van der Waals surface area contributed by atoms with E-state index in [1.165, 1.54) is 12.0 Å². The van der Waals surface area contributed by atoms with Gasteiger partial charge >= 0.3 is 0 Å². The SMILES string of the molecule is COCCN(Cc1cccn1Cc1ccccc1)C(=O)CN(C(=O)c1cccc(C)c1)C1CCCCC1. The summed E-state index contributed by atoms with van der Waals surface area (Å²) in [6, 6.07) is 22.2. The van der Waals surface area contributed by atoms with E-state index in [0.29, 0.717) is 25.3 Å². The molecule has 2 amide bonds. The maximum Gasteiger partial charge on any atom is 0.254 e. The van der Waals surface area contributed by atoms with Gasteiger partial charge in [-0.1, -0.05) is 67.3 Å². The molecule has 1 aliphatic carbocycles. The van der Waals surface area contributed by atoms with Crippen LogP contribution in [0.4, 0.5) is 0 Å².